The SMILES string of the molecule is COc1ccc(CNC(=O)N2CCCN(Cc3c(C)nn(C)c3Cl)CC2)cc1. The first kappa shape index (κ1) is 20.5. The van der Waals surface area contributed by atoms with E-state index in [0.29, 0.717) is 18.2 Å². The van der Waals surface area contributed by atoms with Gasteiger partial charge in [-0.1, -0.05) is 23.7 Å². The van der Waals surface area contributed by atoms with Gasteiger partial charge in [0.2, 0.25) is 0 Å². The Balaban J connectivity index is 1.50. The van der Waals surface area contributed by atoms with Crippen molar-refractivity contribution in [2.24, 2.45) is 7.05 Å². The summed E-state index contributed by atoms with van der Waals surface area (Å²) in [5.74, 6) is 0.812. The maximum absolute atomic E-state index is 12.6. The minimum Gasteiger partial charge on any atom is -0.497 e. The molecule has 1 aromatic carbocycles. The highest BCUT2D eigenvalue weighted by Crippen LogP contribution is 2.21. The molecule has 0 saturated carbocycles. The highest BCUT2D eigenvalue weighted by Gasteiger charge is 2.21. The first-order chi connectivity index (χ1) is 13.5. The molecule has 2 aromatic rings. The zero-order chi connectivity index (χ0) is 20.1. The van der Waals surface area contributed by atoms with Crippen molar-refractivity contribution in [1.82, 2.24) is 24.9 Å². The summed E-state index contributed by atoms with van der Waals surface area (Å²) < 4.78 is 6.87. The largest absolute Gasteiger partial charge is 0.497 e. The number of aromatic nitrogens is 2. The van der Waals surface area contributed by atoms with Crippen molar-refractivity contribution in [2.45, 2.75) is 26.4 Å². The van der Waals surface area contributed by atoms with Crippen LogP contribution >= 0.6 is 11.6 Å². The van der Waals surface area contributed by atoms with Crippen LogP contribution in [0.5, 0.6) is 5.75 Å². The number of nitrogens with zero attached hydrogens (tertiary/aromatic N) is 4. The molecule has 0 unspecified atom stereocenters. The summed E-state index contributed by atoms with van der Waals surface area (Å²) in [7, 11) is 3.50. The van der Waals surface area contributed by atoms with Crippen molar-refractivity contribution >= 4 is 17.6 Å². The van der Waals surface area contributed by atoms with Crippen LogP contribution in [0.4, 0.5) is 4.79 Å². The second-order valence-electron chi connectivity index (χ2n) is 7.10. The summed E-state index contributed by atoms with van der Waals surface area (Å²) in [4.78, 5) is 16.8. The first-order valence-electron chi connectivity index (χ1n) is 9.54. The maximum atomic E-state index is 12.6. The zero-order valence-electron chi connectivity index (χ0n) is 16.7. The van der Waals surface area contributed by atoms with E-state index in [1.807, 2.05) is 43.1 Å². The van der Waals surface area contributed by atoms with Crippen LogP contribution in [-0.2, 0) is 20.1 Å². The van der Waals surface area contributed by atoms with E-state index in [-0.39, 0.29) is 6.03 Å². The van der Waals surface area contributed by atoms with Gasteiger partial charge in [0, 0.05) is 51.9 Å². The Labute approximate surface area is 171 Å². The Morgan fingerprint density at radius 1 is 1.21 bits per heavy atom. The fraction of sp³-hybridized carbons (Fsp3) is 0.500. The van der Waals surface area contributed by atoms with Gasteiger partial charge in [0.05, 0.1) is 12.8 Å². The number of carbonyl (C=O) groups excluding carboxylic acids is 1. The molecule has 1 fully saturated rings. The molecule has 1 N–H and O–H groups in total. The number of nitrogens with one attached hydrogen (secondary N) is 1. The standard InChI is InChI=1S/C20H28ClN5O2/c1-15-18(19(21)24(2)23-15)14-25-9-4-10-26(12-11-25)20(27)22-13-16-5-7-17(28-3)8-6-16/h5-8H,4,9-14H2,1-3H3,(H,22,27). The van der Waals surface area contributed by atoms with E-state index in [0.717, 1.165) is 55.2 Å². The lowest BCUT2D eigenvalue weighted by Gasteiger charge is -2.22. The summed E-state index contributed by atoms with van der Waals surface area (Å²) in [6, 6.07) is 7.70. The van der Waals surface area contributed by atoms with Gasteiger partial charge in [-0.15, -0.1) is 0 Å². The van der Waals surface area contributed by atoms with Crippen LogP contribution in [0.15, 0.2) is 24.3 Å². The number of hydrogen-bond donors (Lipinski definition) is 1. The average Bonchev–Trinajstić information content (AvgIpc) is 2.87. The first-order valence-corrected chi connectivity index (χ1v) is 9.91. The average molecular weight is 406 g/mol. The second-order valence-corrected chi connectivity index (χ2v) is 7.46. The van der Waals surface area contributed by atoms with Crippen LogP contribution in [0.1, 0.15) is 23.2 Å². The van der Waals surface area contributed by atoms with Crippen LogP contribution in [-0.4, -0.2) is 58.9 Å². The molecule has 1 saturated heterocycles. The molecule has 8 heteroatoms. The van der Waals surface area contributed by atoms with E-state index in [9.17, 15) is 4.79 Å². The predicted octanol–water partition coefficient (Wildman–Crippen LogP) is 2.81. The maximum Gasteiger partial charge on any atom is 0.317 e. The highest BCUT2D eigenvalue weighted by atomic mass is 35.5. The Kier molecular flexibility index (Phi) is 6.80. The van der Waals surface area contributed by atoms with Crippen LogP contribution in [0.25, 0.3) is 0 Å². The Hall–Kier alpha value is -2.25. The van der Waals surface area contributed by atoms with Gasteiger partial charge in [0.15, 0.2) is 0 Å². The number of methoxy groups -OCH3 is 1. The van der Waals surface area contributed by atoms with E-state index in [1.54, 1.807) is 11.8 Å². The van der Waals surface area contributed by atoms with Crippen LogP contribution < -0.4 is 10.1 Å². The molecule has 0 aliphatic carbocycles. The summed E-state index contributed by atoms with van der Waals surface area (Å²) in [6.45, 7) is 6.47. The van der Waals surface area contributed by atoms with Crippen LogP contribution in [0, 0.1) is 6.92 Å². The fourth-order valence-electron chi connectivity index (χ4n) is 3.44. The molecule has 2 heterocycles. The molecule has 2 amide bonds. The Morgan fingerprint density at radius 2 is 1.96 bits per heavy atom. The monoisotopic (exact) mass is 405 g/mol. The van der Waals surface area contributed by atoms with Crippen LogP contribution in [0.2, 0.25) is 5.15 Å². The number of rotatable bonds is 5. The molecule has 0 radical (unpaired) electrons. The number of ether oxygens (including phenoxy) is 1. The topological polar surface area (TPSA) is 62.6 Å². The van der Waals surface area contributed by atoms with Gasteiger partial charge in [-0.3, -0.25) is 9.58 Å². The lowest BCUT2D eigenvalue weighted by molar-refractivity contribution is 0.197. The van der Waals surface area contributed by atoms with Crippen molar-refractivity contribution < 1.29 is 9.53 Å². The molecule has 3 rings (SSSR count). The number of amides is 2. The minimum absolute atomic E-state index is 0.0201. The summed E-state index contributed by atoms with van der Waals surface area (Å²) >= 11 is 6.36. The molecule has 0 bridgehead atoms. The van der Waals surface area contributed by atoms with Gasteiger partial charge >= 0.3 is 6.03 Å². The molecule has 7 nitrogen and oxygen atoms in total. The normalized spacial score (nSPS) is 15.4. The highest BCUT2D eigenvalue weighted by molar-refractivity contribution is 6.30. The number of carbonyl (C=O) groups is 1. The lowest BCUT2D eigenvalue weighted by Crippen LogP contribution is -2.41. The third-order valence-electron chi connectivity index (χ3n) is 5.13. The van der Waals surface area contributed by atoms with Crippen molar-refractivity contribution in [3.63, 3.8) is 0 Å². The molecule has 1 aromatic heterocycles. The van der Waals surface area contributed by atoms with E-state index in [4.69, 9.17) is 16.3 Å². The van der Waals surface area contributed by atoms with E-state index < -0.39 is 0 Å². The molecule has 28 heavy (non-hydrogen) atoms. The zero-order valence-corrected chi connectivity index (χ0v) is 17.5. The predicted molar refractivity (Wildman–Crippen MR) is 110 cm³/mol. The van der Waals surface area contributed by atoms with E-state index in [2.05, 4.69) is 15.3 Å². The van der Waals surface area contributed by atoms with Gasteiger partial charge in [-0.05, 0) is 31.0 Å². The smallest absolute Gasteiger partial charge is 0.317 e. The molecule has 0 atom stereocenters. The van der Waals surface area contributed by atoms with Crippen LogP contribution in [0.3, 0.4) is 0 Å². The fourth-order valence-corrected chi connectivity index (χ4v) is 3.68. The third kappa shape index (κ3) is 4.97. The Morgan fingerprint density at radius 3 is 2.61 bits per heavy atom. The number of urea groups is 1. The van der Waals surface area contributed by atoms with Gasteiger partial charge in [0.1, 0.15) is 10.9 Å². The molecule has 152 valence electrons. The molecule has 1 aliphatic heterocycles. The van der Waals surface area contributed by atoms with Gasteiger partial charge in [-0.25, -0.2) is 4.79 Å². The minimum atomic E-state index is -0.0201. The summed E-state index contributed by atoms with van der Waals surface area (Å²) in [5.41, 5.74) is 3.08. The van der Waals surface area contributed by atoms with Crippen molar-refractivity contribution in [2.75, 3.05) is 33.3 Å². The van der Waals surface area contributed by atoms with Crippen molar-refractivity contribution in [3.8, 4) is 5.75 Å². The molecular formula is C20H28ClN5O2. The summed E-state index contributed by atoms with van der Waals surface area (Å²) in [6.07, 6.45) is 0.937. The van der Waals surface area contributed by atoms with Gasteiger partial charge < -0.3 is 15.0 Å². The molecule has 0 spiro atoms. The molecule has 1 aliphatic rings. The lowest BCUT2D eigenvalue weighted by atomic mass is 10.2. The van der Waals surface area contributed by atoms with Gasteiger partial charge in [-0.2, -0.15) is 5.10 Å². The second kappa shape index (κ2) is 9.30. The number of halogens is 1. The van der Waals surface area contributed by atoms with Gasteiger partial charge in [0.25, 0.3) is 0 Å². The van der Waals surface area contributed by atoms with E-state index >= 15 is 0 Å². The Bertz CT molecular complexity index is 806. The summed E-state index contributed by atoms with van der Waals surface area (Å²) in [5, 5.41) is 8.09. The third-order valence-corrected chi connectivity index (χ3v) is 5.60. The number of aryl methyl sites for hydroxylation is 2. The quantitative estimate of drug-likeness (QED) is 0.830. The van der Waals surface area contributed by atoms with Crippen molar-refractivity contribution in [3.05, 3.63) is 46.2 Å². The number of hydrogen-bond acceptors (Lipinski definition) is 4. The van der Waals surface area contributed by atoms with Crippen molar-refractivity contribution in [1.29, 1.82) is 0 Å². The number of benzene rings is 1. The molecular weight excluding hydrogens is 378 g/mol. The van der Waals surface area contributed by atoms with E-state index in [1.165, 1.54) is 0 Å².